The molecule has 27 heavy (non-hydrogen) atoms. The Morgan fingerprint density at radius 2 is 1.89 bits per heavy atom. The van der Waals surface area contributed by atoms with E-state index in [1.54, 1.807) is 36.4 Å². The van der Waals surface area contributed by atoms with Crippen LogP contribution in [0, 0.1) is 0 Å². The summed E-state index contributed by atoms with van der Waals surface area (Å²) in [4.78, 5) is 31.1. The van der Waals surface area contributed by atoms with E-state index >= 15 is 0 Å². The molecular formula is C19H22N4O4. The molecule has 2 aromatic rings. The second kappa shape index (κ2) is 8.88. The van der Waals surface area contributed by atoms with Gasteiger partial charge in [0.2, 0.25) is 6.41 Å². The third kappa shape index (κ3) is 4.87. The average Bonchev–Trinajstić information content (AvgIpc) is 2.73. The first kappa shape index (κ1) is 18.5. The van der Waals surface area contributed by atoms with Gasteiger partial charge in [-0.15, -0.1) is 0 Å². The van der Waals surface area contributed by atoms with Gasteiger partial charge in [0.05, 0.1) is 19.0 Å². The van der Waals surface area contributed by atoms with Gasteiger partial charge >= 0.3 is 0 Å². The van der Waals surface area contributed by atoms with Crippen LogP contribution in [0.1, 0.15) is 0 Å². The topological polar surface area (TPSA) is 84.0 Å². The second-order valence-corrected chi connectivity index (χ2v) is 6.02. The van der Waals surface area contributed by atoms with Crippen molar-refractivity contribution in [2.24, 2.45) is 0 Å². The zero-order valence-corrected chi connectivity index (χ0v) is 15.1. The summed E-state index contributed by atoms with van der Waals surface area (Å²) in [5, 5.41) is 2.76. The molecule has 1 aliphatic heterocycles. The molecule has 0 unspecified atom stereocenters. The maximum Gasteiger partial charge on any atom is 0.262 e. The van der Waals surface area contributed by atoms with Crippen molar-refractivity contribution in [2.75, 3.05) is 50.1 Å². The molecule has 1 aliphatic rings. The molecule has 1 fully saturated rings. The monoisotopic (exact) mass is 370 g/mol. The number of piperazine rings is 1. The van der Waals surface area contributed by atoms with Gasteiger partial charge < -0.3 is 24.6 Å². The Balaban J connectivity index is 1.50. The second-order valence-electron chi connectivity index (χ2n) is 6.02. The molecule has 3 rings (SSSR count). The van der Waals surface area contributed by atoms with E-state index in [0.29, 0.717) is 30.3 Å². The molecule has 0 aliphatic carbocycles. The molecular weight excluding hydrogens is 348 g/mol. The Hall–Kier alpha value is -3.29. The number of hydrogen-bond donors (Lipinski definition) is 1. The van der Waals surface area contributed by atoms with E-state index in [1.165, 1.54) is 0 Å². The predicted molar refractivity (Wildman–Crippen MR) is 101 cm³/mol. The first-order valence-electron chi connectivity index (χ1n) is 8.65. The molecule has 2 amide bonds. The maximum atomic E-state index is 12.1. The number of anilines is 2. The molecule has 142 valence electrons. The summed E-state index contributed by atoms with van der Waals surface area (Å²) < 4.78 is 10.7. The van der Waals surface area contributed by atoms with Gasteiger partial charge in [-0.05, 0) is 24.3 Å². The summed E-state index contributed by atoms with van der Waals surface area (Å²) in [6.07, 6.45) is 2.49. The van der Waals surface area contributed by atoms with Crippen molar-refractivity contribution < 1.29 is 19.1 Å². The highest BCUT2D eigenvalue weighted by molar-refractivity contribution is 5.91. The van der Waals surface area contributed by atoms with Crippen LogP contribution in [0.5, 0.6) is 11.5 Å². The van der Waals surface area contributed by atoms with Crippen LogP contribution in [0.3, 0.4) is 0 Å². The van der Waals surface area contributed by atoms with E-state index in [2.05, 4.69) is 15.2 Å². The fourth-order valence-corrected chi connectivity index (χ4v) is 2.78. The third-order valence-electron chi connectivity index (χ3n) is 4.25. The summed E-state index contributed by atoms with van der Waals surface area (Å²) in [5.74, 6) is 1.63. The highest BCUT2D eigenvalue weighted by Crippen LogP contribution is 2.25. The number of nitrogens with zero attached hydrogens (tertiary/aromatic N) is 3. The number of amides is 2. The summed E-state index contributed by atoms with van der Waals surface area (Å²) in [6.45, 7) is 2.72. The van der Waals surface area contributed by atoms with Gasteiger partial charge in [-0.3, -0.25) is 9.59 Å². The van der Waals surface area contributed by atoms with E-state index < -0.39 is 0 Å². The van der Waals surface area contributed by atoms with Crippen molar-refractivity contribution in [3.05, 3.63) is 42.6 Å². The lowest BCUT2D eigenvalue weighted by Gasteiger charge is -2.33. The quantitative estimate of drug-likeness (QED) is 0.742. The zero-order valence-electron chi connectivity index (χ0n) is 15.1. The summed E-state index contributed by atoms with van der Waals surface area (Å²) >= 11 is 0. The van der Waals surface area contributed by atoms with Gasteiger partial charge in [0, 0.05) is 26.2 Å². The predicted octanol–water partition coefficient (Wildman–Crippen LogP) is 1.39. The molecule has 0 radical (unpaired) electrons. The van der Waals surface area contributed by atoms with Crippen molar-refractivity contribution in [3.8, 4) is 11.5 Å². The lowest BCUT2D eigenvalue weighted by atomic mass is 10.3. The van der Waals surface area contributed by atoms with Gasteiger partial charge in [-0.1, -0.05) is 12.1 Å². The third-order valence-corrected chi connectivity index (χ3v) is 4.25. The van der Waals surface area contributed by atoms with Crippen LogP contribution in [-0.2, 0) is 9.59 Å². The number of carbonyl (C=O) groups excluding carboxylic acids is 2. The number of nitrogens with one attached hydrogen (secondary N) is 1. The Morgan fingerprint density at radius 1 is 1.15 bits per heavy atom. The molecule has 0 spiro atoms. The van der Waals surface area contributed by atoms with Crippen LogP contribution < -0.4 is 19.7 Å². The summed E-state index contributed by atoms with van der Waals surface area (Å²) in [5.41, 5.74) is 0.596. The fraction of sp³-hybridized carbons (Fsp3) is 0.316. The summed E-state index contributed by atoms with van der Waals surface area (Å²) in [7, 11) is 1.55. The molecule has 1 N–H and O–H groups in total. The van der Waals surface area contributed by atoms with Crippen LogP contribution in [0.2, 0.25) is 0 Å². The van der Waals surface area contributed by atoms with Gasteiger partial charge in [0.25, 0.3) is 5.91 Å². The first-order valence-corrected chi connectivity index (χ1v) is 8.65. The number of hydrogen-bond acceptors (Lipinski definition) is 6. The lowest BCUT2D eigenvalue weighted by molar-refractivity contribution is -0.119. The Labute approximate surface area is 157 Å². The van der Waals surface area contributed by atoms with Crippen LogP contribution in [-0.4, -0.2) is 62.1 Å². The van der Waals surface area contributed by atoms with E-state index in [9.17, 15) is 9.59 Å². The lowest BCUT2D eigenvalue weighted by Crippen LogP contribution is -2.46. The van der Waals surface area contributed by atoms with E-state index in [1.807, 2.05) is 18.2 Å². The number of pyridine rings is 1. The van der Waals surface area contributed by atoms with Crippen LogP contribution >= 0.6 is 0 Å². The highest BCUT2D eigenvalue weighted by Gasteiger charge is 2.16. The van der Waals surface area contributed by atoms with E-state index in [0.717, 1.165) is 25.3 Å². The molecule has 0 saturated carbocycles. The minimum absolute atomic E-state index is 0.129. The van der Waals surface area contributed by atoms with Crippen molar-refractivity contribution in [1.82, 2.24) is 9.88 Å². The smallest absolute Gasteiger partial charge is 0.262 e. The number of ether oxygens (including phenoxy) is 2. The maximum absolute atomic E-state index is 12.1. The van der Waals surface area contributed by atoms with Crippen LogP contribution in [0.4, 0.5) is 11.5 Å². The molecule has 2 heterocycles. The Kier molecular flexibility index (Phi) is 6.09. The first-order chi connectivity index (χ1) is 13.2. The molecule has 1 aromatic heterocycles. The van der Waals surface area contributed by atoms with Crippen LogP contribution in [0.15, 0.2) is 42.6 Å². The highest BCUT2D eigenvalue weighted by atomic mass is 16.5. The number of aromatic nitrogens is 1. The number of carbonyl (C=O) groups is 2. The van der Waals surface area contributed by atoms with Crippen molar-refractivity contribution in [3.63, 3.8) is 0 Å². The van der Waals surface area contributed by atoms with Gasteiger partial charge in [0.1, 0.15) is 5.82 Å². The van der Waals surface area contributed by atoms with Crippen molar-refractivity contribution >= 4 is 23.8 Å². The minimum Gasteiger partial charge on any atom is -0.493 e. The Bertz CT molecular complexity index is 774. The molecule has 8 nitrogen and oxygen atoms in total. The largest absolute Gasteiger partial charge is 0.493 e. The Morgan fingerprint density at radius 3 is 2.52 bits per heavy atom. The van der Waals surface area contributed by atoms with Gasteiger partial charge in [0.15, 0.2) is 18.1 Å². The fourth-order valence-electron chi connectivity index (χ4n) is 2.78. The molecule has 8 heteroatoms. The van der Waals surface area contributed by atoms with E-state index in [-0.39, 0.29) is 12.5 Å². The number of benzene rings is 1. The molecule has 0 atom stereocenters. The van der Waals surface area contributed by atoms with Crippen LogP contribution in [0.25, 0.3) is 0 Å². The number of methoxy groups -OCH3 is 1. The minimum atomic E-state index is -0.282. The average molecular weight is 370 g/mol. The number of rotatable bonds is 7. The summed E-state index contributed by atoms with van der Waals surface area (Å²) in [6, 6.07) is 10.8. The zero-order chi connectivity index (χ0) is 19.1. The number of para-hydroxylation sites is 2. The van der Waals surface area contributed by atoms with E-state index in [4.69, 9.17) is 9.47 Å². The standard InChI is InChI=1S/C19H22N4O4/c1-26-16-4-2-3-5-17(16)27-13-19(25)21-15-6-7-18(20-12-15)23-10-8-22(14-24)9-11-23/h2-7,12,14H,8-11,13H2,1H3,(H,21,25). The normalized spacial score (nSPS) is 13.8. The van der Waals surface area contributed by atoms with Crippen molar-refractivity contribution in [2.45, 2.75) is 0 Å². The van der Waals surface area contributed by atoms with Crippen molar-refractivity contribution in [1.29, 1.82) is 0 Å². The van der Waals surface area contributed by atoms with Gasteiger partial charge in [-0.2, -0.15) is 0 Å². The molecule has 1 saturated heterocycles. The molecule has 0 bridgehead atoms. The SMILES string of the molecule is COc1ccccc1OCC(=O)Nc1ccc(N2CCN(C=O)CC2)nc1. The van der Waals surface area contributed by atoms with Gasteiger partial charge in [-0.25, -0.2) is 4.98 Å². The molecule has 1 aromatic carbocycles.